The van der Waals surface area contributed by atoms with Crippen molar-refractivity contribution in [1.29, 1.82) is 0 Å². The molecule has 0 aromatic heterocycles. The Bertz CT molecular complexity index is 246. The number of aliphatic hydroxyl groups is 1. The highest BCUT2D eigenvalue weighted by molar-refractivity contribution is 7.32. The highest BCUT2D eigenvalue weighted by Crippen LogP contribution is 2.27. The zero-order valence-corrected chi connectivity index (χ0v) is 8.68. The summed E-state index contributed by atoms with van der Waals surface area (Å²) in [4.78, 5) is 21.0. The van der Waals surface area contributed by atoms with Gasteiger partial charge in [-0.2, -0.15) is 0 Å². The Kier molecular flexibility index (Phi) is 3.95. The standard InChI is InChI=1S/C7H12NO5P/c1-5(10)8-3-7(13-14(11)12)2-6(8)4-9/h6-7,9H,2-4H2,1H3/p+1/t6-,7+/m0/s1. The molecule has 0 aliphatic carbocycles. The SMILES string of the molecule is CC(=O)N1C[C@H](O[P+](=O)O)C[C@H]1CO. The zero-order chi connectivity index (χ0) is 10.7. The minimum absolute atomic E-state index is 0.151. The molecule has 2 N–H and O–H groups in total. The molecular formula is C7H13NO5P+. The lowest BCUT2D eigenvalue weighted by Gasteiger charge is -2.20. The van der Waals surface area contributed by atoms with Crippen molar-refractivity contribution >= 4 is 14.2 Å². The largest absolute Gasteiger partial charge is 0.695 e. The number of hydrogen-bond acceptors (Lipinski definition) is 4. The van der Waals surface area contributed by atoms with Gasteiger partial charge in [0.1, 0.15) is 6.10 Å². The van der Waals surface area contributed by atoms with E-state index in [2.05, 4.69) is 4.52 Å². The summed E-state index contributed by atoms with van der Waals surface area (Å²) in [6, 6.07) is -0.299. The predicted octanol–water partition coefficient (Wildman–Crippen LogP) is -0.366. The Labute approximate surface area is 82.4 Å². The van der Waals surface area contributed by atoms with E-state index in [0.717, 1.165) is 0 Å². The number of likely N-dealkylation sites (tertiary alicyclic amines) is 1. The molecule has 1 aliphatic rings. The van der Waals surface area contributed by atoms with Crippen molar-refractivity contribution in [1.82, 2.24) is 4.90 Å². The van der Waals surface area contributed by atoms with Gasteiger partial charge in [-0.3, -0.25) is 4.79 Å². The van der Waals surface area contributed by atoms with Gasteiger partial charge >= 0.3 is 8.25 Å². The molecule has 1 saturated heterocycles. The van der Waals surface area contributed by atoms with Gasteiger partial charge in [-0.15, -0.1) is 9.42 Å². The first-order valence-electron chi connectivity index (χ1n) is 4.25. The summed E-state index contributed by atoms with van der Waals surface area (Å²) in [5.74, 6) is -0.164. The summed E-state index contributed by atoms with van der Waals surface area (Å²) in [5.41, 5.74) is 0. The van der Waals surface area contributed by atoms with Gasteiger partial charge in [0.25, 0.3) is 0 Å². The van der Waals surface area contributed by atoms with E-state index in [0.29, 0.717) is 6.42 Å². The topological polar surface area (TPSA) is 87.1 Å². The molecule has 0 aromatic carbocycles. The van der Waals surface area contributed by atoms with Gasteiger partial charge in [-0.1, -0.05) is 0 Å². The van der Waals surface area contributed by atoms with Crippen LogP contribution in [0.25, 0.3) is 0 Å². The number of carbonyl (C=O) groups excluding carboxylic acids is 1. The van der Waals surface area contributed by atoms with Crippen molar-refractivity contribution in [2.75, 3.05) is 13.2 Å². The number of rotatable bonds is 3. The second kappa shape index (κ2) is 4.79. The Morgan fingerprint density at radius 2 is 2.36 bits per heavy atom. The third-order valence-electron chi connectivity index (χ3n) is 2.23. The van der Waals surface area contributed by atoms with Crippen molar-refractivity contribution in [2.24, 2.45) is 0 Å². The molecule has 0 saturated carbocycles. The summed E-state index contributed by atoms with van der Waals surface area (Å²) in [7, 11) is -2.64. The van der Waals surface area contributed by atoms with E-state index < -0.39 is 14.4 Å². The lowest BCUT2D eigenvalue weighted by molar-refractivity contribution is -0.130. The number of aliphatic hydroxyl groups excluding tert-OH is 1. The molecular weight excluding hydrogens is 209 g/mol. The van der Waals surface area contributed by atoms with Crippen molar-refractivity contribution < 1.29 is 23.9 Å². The van der Waals surface area contributed by atoms with E-state index in [1.165, 1.54) is 11.8 Å². The molecule has 3 atom stereocenters. The Morgan fingerprint density at radius 1 is 1.71 bits per heavy atom. The second-order valence-corrected chi connectivity index (χ2v) is 3.90. The first kappa shape index (κ1) is 11.5. The van der Waals surface area contributed by atoms with Gasteiger partial charge in [0.15, 0.2) is 0 Å². The summed E-state index contributed by atoms with van der Waals surface area (Å²) in [6.07, 6.45) is -0.0535. The van der Waals surface area contributed by atoms with Crippen LogP contribution in [-0.4, -0.2) is 46.1 Å². The molecule has 1 aliphatic heterocycles. The van der Waals surface area contributed by atoms with Crippen LogP contribution in [0.5, 0.6) is 0 Å². The maximum atomic E-state index is 11.1. The van der Waals surface area contributed by atoms with Crippen LogP contribution in [0.15, 0.2) is 0 Å². The van der Waals surface area contributed by atoms with E-state index in [9.17, 15) is 9.36 Å². The Hall–Kier alpha value is -0.550. The van der Waals surface area contributed by atoms with E-state index in [1.54, 1.807) is 0 Å². The summed E-state index contributed by atoms with van der Waals surface area (Å²) >= 11 is 0. The predicted molar refractivity (Wildman–Crippen MR) is 47.6 cm³/mol. The summed E-state index contributed by atoms with van der Waals surface area (Å²) < 4.78 is 15.1. The van der Waals surface area contributed by atoms with Crippen LogP contribution in [0.4, 0.5) is 0 Å². The zero-order valence-electron chi connectivity index (χ0n) is 7.79. The quantitative estimate of drug-likeness (QED) is 0.636. The van der Waals surface area contributed by atoms with Crippen molar-refractivity contribution in [3.63, 3.8) is 0 Å². The lowest BCUT2D eigenvalue weighted by atomic mass is 10.2. The van der Waals surface area contributed by atoms with Crippen LogP contribution in [0.3, 0.4) is 0 Å². The van der Waals surface area contributed by atoms with E-state index in [4.69, 9.17) is 10.00 Å². The third kappa shape index (κ3) is 2.72. The number of hydrogen-bond donors (Lipinski definition) is 2. The van der Waals surface area contributed by atoms with Gasteiger partial charge in [0.2, 0.25) is 5.91 Å². The van der Waals surface area contributed by atoms with Gasteiger partial charge in [0, 0.05) is 17.9 Å². The molecule has 0 radical (unpaired) electrons. The molecule has 1 rings (SSSR count). The molecule has 14 heavy (non-hydrogen) atoms. The molecule has 1 unspecified atom stereocenters. The lowest BCUT2D eigenvalue weighted by Crippen LogP contribution is -2.36. The minimum Gasteiger partial charge on any atom is -0.394 e. The van der Waals surface area contributed by atoms with Gasteiger partial charge in [-0.05, 0) is 0 Å². The average molecular weight is 222 g/mol. The second-order valence-electron chi connectivity index (χ2n) is 3.21. The molecule has 0 bridgehead atoms. The fourth-order valence-corrected chi connectivity index (χ4v) is 2.04. The highest BCUT2D eigenvalue weighted by atomic mass is 31.1. The Balaban J connectivity index is 2.56. The molecule has 0 aromatic rings. The van der Waals surface area contributed by atoms with Crippen LogP contribution in [0.1, 0.15) is 13.3 Å². The average Bonchev–Trinajstić information content (AvgIpc) is 2.46. The smallest absolute Gasteiger partial charge is 0.394 e. The first-order valence-corrected chi connectivity index (χ1v) is 5.38. The molecule has 80 valence electrons. The van der Waals surface area contributed by atoms with Gasteiger partial charge in [0.05, 0.1) is 19.2 Å². The van der Waals surface area contributed by atoms with Crippen LogP contribution in [0, 0.1) is 0 Å². The minimum atomic E-state index is -2.64. The molecule has 7 heteroatoms. The summed E-state index contributed by atoms with van der Waals surface area (Å²) in [6.45, 7) is 1.51. The number of nitrogens with zero attached hydrogens (tertiary/aromatic N) is 1. The molecule has 6 nitrogen and oxygen atoms in total. The maximum absolute atomic E-state index is 11.1. The first-order chi connectivity index (χ1) is 6.54. The molecule has 1 heterocycles. The van der Waals surface area contributed by atoms with Crippen molar-refractivity contribution in [3.05, 3.63) is 0 Å². The normalized spacial score (nSPS) is 27.9. The highest BCUT2D eigenvalue weighted by Gasteiger charge is 2.38. The third-order valence-corrected chi connectivity index (χ3v) is 2.71. The van der Waals surface area contributed by atoms with Crippen molar-refractivity contribution in [3.8, 4) is 0 Å². The fourth-order valence-electron chi connectivity index (χ4n) is 1.64. The Morgan fingerprint density at radius 3 is 2.71 bits per heavy atom. The fraction of sp³-hybridized carbons (Fsp3) is 0.857. The maximum Gasteiger partial charge on any atom is 0.695 e. The van der Waals surface area contributed by atoms with Gasteiger partial charge < -0.3 is 10.0 Å². The van der Waals surface area contributed by atoms with Gasteiger partial charge in [-0.25, -0.2) is 0 Å². The molecule has 1 fully saturated rings. The van der Waals surface area contributed by atoms with Crippen LogP contribution < -0.4 is 0 Å². The van der Waals surface area contributed by atoms with Crippen molar-refractivity contribution in [2.45, 2.75) is 25.5 Å². The molecule has 1 amide bonds. The monoisotopic (exact) mass is 222 g/mol. The van der Waals surface area contributed by atoms with E-state index in [1.807, 2.05) is 0 Å². The summed E-state index contributed by atoms with van der Waals surface area (Å²) in [5, 5.41) is 8.95. The molecule has 0 spiro atoms. The van der Waals surface area contributed by atoms with Crippen LogP contribution in [-0.2, 0) is 13.9 Å². The van der Waals surface area contributed by atoms with E-state index in [-0.39, 0.29) is 25.1 Å². The number of carbonyl (C=O) groups is 1. The number of amides is 1. The van der Waals surface area contributed by atoms with E-state index >= 15 is 0 Å². The van der Waals surface area contributed by atoms with Crippen LogP contribution in [0.2, 0.25) is 0 Å². The van der Waals surface area contributed by atoms with Crippen LogP contribution >= 0.6 is 8.25 Å².